The maximum absolute atomic E-state index is 12.5. The van der Waals surface area contributed by atoms with Gasteiger partial charge in [0.1, 0.15) is 6.10 Å². The van der Waals surface area contributed by atoms with Gasteiger partial charge in [0.05, 0.1) is 18.8 Å². The molecule has 2 aliphatic rings. The quantitative estimate of drug-likeness (QED) is 0.524. The Morgan fingerprint density at radius 3 is 2.50 bits per heavy atom. The fraction of sp³-hybridized carbons (Fsp3) is 0.636. The summed E-state index contributed by atoms with van der Waals surface area (Å²) in [7, 11) is 0. The Kier molecular flexibility index (Phi) is 8.78. The van der Waals surface area contributed by atoms with Crippen molar-refractivity contribution in [3.05, 3.63) is 29.3 Å². The molecule has 0 radical (unpaired) electrons. The van der Waals surface area contributed by atoms with Crippen molar-refractivity contribution >= 4 is 29.2 Å². The van der Waals surface area contributed by atoms with Gasteiger partial charge < -0.3 is 25.8 Å². The molecular formula is C22H32ClN3O4. The molecule has 1 aliphatic carbocycles. The van der Waals surface area contributed by atoms with E-state index >= 15 is 0 Å². The van der Waals surface area contributed by atoms with Gasteiger partial charge in [-0.25, -0.2) is 4.79 Å². The summed E-state index contributed by atoms with van der Waals surface area (Å²) in [6.45, 7) is 0.331. The molecule has 1 aromatic carbocycles. The van der Waals surface area contributed by atoms with Gasteiger partial charge >= 0.3 is 6.03 Å². The maximum Gasteiger partial charge on any atom is 0.319 e. The Labute approximate surface area is 182 Å². The topological polar surface area (TPSA) is 99.7 Å². The first-order valence-corrected chi connectivity index (χ1v) is 11.3. The van der Waals surface area contributed by atoms with Gasteiger partial charge in [0.25, 0.3) is 0 Å². The van der Waals surface area contributed by atoms with Crippen LogP contribution in [-0.4, -0.2) is 48.4 Å². The van der Waals surface area contributed by atoms with E-state index < -0.39 is 6.10 Å². The number of aliphatic hydroxyl groups is 1. The Balaban J connectivity index is 1.37. The molecule has 3 amide bonds. The molecule has 8 heteroatoms. The number of carbonyl (C=O) groups is 2. The van der Waals surface area contributed by atoms with E-state index in [1.807, 2.05) is 0 Å². The number of ether oxygens (including phenoxy) is 1. The third-order valence-corrected chi connectivity index (χ3v) is 6.21. The molecule has 166 valence electrons. The molecule has 0 bridgehead atoms. The maximum atomic E-state index is 12.5. The number of benzene rings is 1. The summed E-state index contributed by atoms with van der Waals surface area (Å²) < 4.78 is 6.00. The number of amides is 3. The van der Waals surface area contributed by atoms with E-state index in [0.717, 1.165) is 38.5 Å². The Bertz CT molecular complexity index is 694. The minimum absolute atomic E-state index is 0.0548. The summed E-state index contributed by atoms with van der Waals surface area (Å²) in [4.78, 5) is 24.5. The van der Waals surface area contributed by atoms with Crippen molar-refractivity contribution in [2.24, 2.45) is 5.92 Å². The van der Waals surface area contributed by atoms with Crippen LogP contribution < -0.4 is 16.0 Å². The minimum Gasteiger partial charge on any atom is -0.394 e. The van der Waals surface area contributed by atoms with E-state index in [1.165, 1.54) is 6.42 Å². The lowest BCUT2D eigenvalue weighted by Crippen LogP contribution is -2.52. The first kappa shape index (κ1) is 22.8. The van der Waals surface area contributed by atoms with Crippen LogP contribution in [0.3, 0.4) is 0 Å². The second-order valence-corrected chi connectivity index (χ2v) is 8.62. The van der Waals surface area contributed by atoms with E-state index in [-0.39, 0.29) is 36.6 Å². The number of nitrogens with one attached hydrogen (secondary N) is 3. The zero-order valence-corrected chi connectivity index (χ0v) is 18.0. The van der Waals surface area contributed by atoms with E-state index in [2.05, 4.69) is 16.0 Å². The highest BCUT2D eigenvalue weighted by Crippen LogP contribution is 2.26. The number of halogens is 1. The van der Waals surface area contributed by atoms with Crippen LogP contribution in [0.25, 0.3) is 0 Å². The SMILES string of the molecule is O=C(NCC[C@@H]1CC[C@H](NC(=O)C2CCCCC2)[C@@H](CO)O1)Nc1ccc(Cl)cc1. The van der Waals surface area contributed by atoms with Crippen molar-refractivity contribution in [2.75, 3.05) is 18.5 Å². The zero-order valence-electron chi connectivity index (χ0n) is 17.2. The van der Waals surface area contributed by atoms with Crippen molar-refractivity contribution in [2.45, 2.75) is 69.6 Å². The van der Waals surface area contributed by atoms with Crippen LogP contribution in [0.4, 0.5) is 10.5 Å². The molecule has 4 N–H and O–H groups in total. The number of rotatable bonds is 7. The minimum atomic E-state index is -0.404. The standard InChI is InChI=1S/C22H32ClN3O4/c23-16-6-8-17(9-7-16)25-22(29)24-13-12-18-10-11-19(20(14-27)30-18)26-21(28)15-4-2-1-3-5-15/h6-9,15,18-20,27H,1-5,10-14H2,(H,26,28)(H2,24,25,29)/t18-,19-,20+/m0/s1. The van der Waals surface area contributed by atoms with Crippen LogP contribution in [0.15, 0.2) is 24.3 Å². The summed E-state index contributed by atoms with van der Waals surface area (Å²) in [6.07, 6.45) is 7.09. The number of hydrogen-bond acceptors (Lipinski definition) is 4. The van der Waals surface area contributed by atoms with E-state index in [0.29, 0.717) is 23.7 Å². The largest absolute Gasteiger partial charge is 0.394 e. The molecule has 0 spiro atoms. The molecule has 30 heavy (non-hydrogen) atoms. The summed E-state index contributed by atoms with van der Waals surface area (Å²) >= 11 is 5.84. The summed E-state index contributed by atoms with van der Waals surface area (Å²) in [5, 5.41) is 19.0. The van der Waals surface area contributed by atoms with Gasteiger partial charge in [-0.05, 0) is 56.4 Å². The van der Waals surface area contributed by atoms with E-state index in [1.54, 1.807) is 24.3 Å². The third-order valence-electron chi connectivity index (χ3n) is 5.95. The van der Waals surface area contributed by atoms with Crippen LogP contribution in [-0.2, 0) is 9.53 Å². The number of aliphatic hydroxyl groups excluding tert-OH is 1. The predicted molar refractivity (Wildman–Crippen MR) is 117 cm³/mol. The van der Waals surface area contributed by atoms with E-state index in [9.17, 15) is 14.7 Å². The van der Waals surface area contributed by atoms with Crippen molar-refractivity contribution in [1.82, 2.24) is 10.6 Å². The second-order valence-electron chi connectivity index (χ2n) is 8.18. The first-order valence-electron chi connectivity index (χ1n) is 10.9. The Morgan fingerprint density at radius 1 is 1.07 bits per heavy atom. The van der Waals surface area contributed by atoms with Gasteiger partial charge in [-0.3, -0.25) is 4.79 Å². The fourth-order valence-electron chi connectivity index (χ4n) is 4.23. The zero-order chi connectivity index (χ0) is 21.3. The molecule has 1 saturated heterocycles. The first-order chi connectivity index (χ1) is 14.5. The average Bonchev–Trinajstić information content (AvgIpc) is 2.77. The number of anilines is 1. The van der Waals surface area contributed by atoms with Gasteiger partial charge in [-0.2, -0.15) is 0 Å². The third kappa shape index (κ3) is 6.86. The lowest BCUT2D eigenvalue weighted by Gasteiger charge is -2.37. The molecular weight excluding hydrogens is 406 g/mol. The molecule has 1 heterocycles. The highest BCUT2D eigenvalue weighted by atomic mass is 35.5. The summed E-state index contributed by atoms with van der Waals surface area (Å²) in [5.41, 5.74) is 0.669. The number of hydrogen-bond donors (Lipinski definition) is 4. The van der Waals surface area contributed by atoms with Crippen LogP contribution >= 0.6 is 11.6 Å². The summed E-state index contributed by atoms with van der Waals surface area (Å²) in [5.74, 6) is 0.194. The van der Waals surface area contributed by atoms with Crippen molar-refractivity contribution in [1.29, 1.82) is 0 Å². The Morgan fingerprint density at radius 2 is 1.80 bits per heavy atom. The molecule has 0 unspecified atom stereocenters. The molecule has 3 rings (SSSR count). The fourth-order valence-corrected chi connectivity index (χ4v) is 4.36. The van der Waals surface area contributed by atoms with Gasteiger partial charge in [-0.1, -0.05) is 30.9 Å². The second kappa shape index (κ2) is 11.5. The highest BCUT2D eigenvalue weighted by Gasteiger charge is 2.33. The molecule has 1 aliphatic heterocycles. The number of carbonyl (C=O) groups excluding carboxylic acids is 2. The molecule has 1 saturated carbocycles. The van der Waals surface area contributed by atoms with Crippen LogP contribution in [0.1, 0.15) is 51.4 Å². The van der Waals surface area contributed by atoms with Crippen LogP contribution in [0.2, 0.25) is 5.02 Å². The predicted octanol–water partition coefficient (Wildman–Crippen LogP) is 3.46. The van der Waals surface area contributed by atoms with Gasteiger partial charge in [0.15, 0.2) is 0 Å². The smallest absolute Gasteiger partial charge is 0.319 e. The van der Waals surface area contributed by atoms with Crippen LogP contribution in [0, 0.1) is 5.92 Å². The van der Waals surface area contributed by atoms with Gasteiger partial charge in [-0.15, -0.1) is 0 Å². The lowest BCUT2D eigenvalue weighted by molar-refractivity contribution is -0.132. The molecule has 1 aromatic rings. The molecule has 7 nitrogen and oxygen atoms in total. The molecule has 3 atom stereocenters. The molecule has 2 fully saturated rings. The van der Waals surface area contributed by atoms with Gasteiger partial charge in [0, 0.05) is 23.2 Å². The molecule has 0 aromatic heterocycles. The Hall–Kier alpha value is -1.83. The number of urea groups is 1. The lowest BCUT2D eigenvalue weighted by atomic mass is 9.88. The van der Waals surface area contributed by atoms with E-state index in [4.69, 9.17) is 16.3 Å². The summed E-state index contributed by atoms with van der Waals surface area (Å²) in [6, 6.07) is 6.46. The van der Waals surface area contributed by atoms with Crippen molar-refractivity contribution < 1.29 is 19.4 Å². The van der Waals surface area contributed by atoms with Crippen LogP contribution in [0.5, 0.6) is 0 Å². The average molecular weight is 438 g/mol. The highest BCUT2D eigenvalue weighted by molar-refractivity contribution is 6.30. The van der Waals surface area contributed by atoms with Crippen molar-refractivity contribution in [3.63, 3.8) is 0 Å². The monoisotopic (exact) mass is 437 g/mol. The van der Waals surface area contributed by atoms with Crippen molar-refractivity contribution in [3.8, 4) is 0 Å². The normalized spacial score (nSPS) is 24.8. The van der Waals surface area contributed by atoms with Gasteiger partial charge in [0.2, 0.25) is 5.91 Å².